The molecule has 4 fully saturated rings. The Morgan fingerprint density at radius 3 is 2.77 bits per heavy atom. The largest absolute Gasteiger partial charge is 0.341 e. The van der Waals surface area contributed by atoms with Gasteiger partial charge < -0.3 is 15.1 Å². The maximum atomic E-state index is 13.1. The molecule has 1 aromatic carbocycles. The summed E-state index contributed by atoms with van der Waals surface area (Å²) < 4.78 is 0. The van der Waals surface area contributed by atoms with Gasteiger partial charge in [0.25, 0.3) is 5.91 Å². The van der Waals surface area contributed by atoms with Gasteiger partial charge in [0.15, 0.2) is 0 Å². The molecule has 0 radical (unpaired) electrons. The van der Waals surface area contributed by atoms with Crippen LogP contribution in [0.1, 0.15) is 41.6 Å². The van der Waals surface area contributed by atoms with Crippen LogP contribution in [0.15, 0.2) is 24.3 Å². The fraction of sp³-hybridized carbons (Fsp3) is 0.619. The zero-order valence-corrected chi connectivity index (χ0v) is 15.6. The zero-order valence-electron chi connectivity index (χ0n) is 15.6. The number of benzene rings is 1. The minimum Gasteiger partial charge on any atom is -0.341 e. The monoisotopic (exact) mass is 355 g/mol. The standard InChI is InChI=1S/C21H29N3O2/c1-23-19-6-5-18(20(23)25)13-24(14-19)21(26)17-4-2-3-16(12-17)11-15-7-9-22-10-8-15/h2-4,12,15,18-19,22H,5-11,13-14H2,1H3/t18-,19+/m0/s1. The highest BCUT2D eigenvalue weighted by Gasteiger charge is 2.40. The van der Waals surface area contributed by atoms with Gasteiger partial charge in [0.1, 0.15) is 0 Å². The molecule has 1 aromatic rings. The summed E-state index contributed by atoms with van der Waals surface area (Å²) in [5, 5.41) is 3.41. The lowest BCUT2D eigenvalue weighted by Crippen LogP contribution is -2.45. The van der Waals surface area contributed by atoms with E-state index >= 15 is 0 Å². The number of carbonyl (C=O) groups is 2. The van der Waals surface area contributed by atoms with Crippen molar-refractivity contribution in [2.24, 2.45) is 11.8 Å². The second-order valence-electron chi connectivity index (χ2n) is 8.19. The first-order valence-corrected chi connectivity index (χ1v) is 9.97. The van der Waals surface area contributed by atoms with Gasteiger partial charge in [-0.2, -0.15) is 0 Å². The minimum absolute atomic E-state index is 0.0272. The Morgan fingerprint density at radius 2 is 1.96 bits per heavy atom. The van der Waals surface area contributed by atoms with Gasteiger partial charge in [-0.3, -0.25) is 9.59 Å². The van der Waals surface area contributed by atoms with Crippen molar-refractivity contribution in [3.8, 4) is 0 Å². The molecule has 1 N–H and O–H groups in total. The number of piperidine rings is 2. The predicted molar refractivity (Wildman–Crippen MR) is 101 cm³/mol. The Morgan fingerprint density at radius 1 is 1.15 bits per heavy atom. The molecule has 5 rings (SSSR count). The van der Waals surface area contributed by atoms with Crippen molar-refractivity contribution in [1.29, 1.82) is 0 Å². The summed E-state index contributed by atoms with van der Waals surface area (Å²) in [5.74, 6) is 0.968. The smallest absolute Gasteiger partial charge is 0.253 e. The molecule has 4 aliphatic heterocycles. The first kappa shape index (κ1) is 17.5. The molecule has 4 heterocycles. The van der Waals surface area contributed by atoms with Crippen LogP contribution in [-0.2, 0) is 11.2 Å². The molecule has 2 bridgehead atoms. The molecule has 4 aliphatic rings. The summed E-state index contributed by atoms with van der Waals surface area (Å²) >= 11 is 0. The van der Waals surface area contributed by atoms with E-state index < -0.39 is 0 Å². The first-order valence-electron chi connectivity index (χ1n) is 9.97. The van der Waals surface area contributed by atoms with Crippen LogP contribution in [-0.4, -0.2) is 60.9 Å². The van der Waals surface area contributed by atoms with E-state index in [1.165, 1.54) is 18.4 Å². The average molecular weight is 355 g/mol. The maximum Gasteiger partial charge on any atom is 0.253 e. The van der Waals surface area contributed by atoms with Gasteiger partial charge >= 0.3 is 0 Å². The Kier molecular flexibility index (Phi) is 4.98. The van der Waals surface area contributed by atoms with Crippen LogP contribution in [0.25, 0.3) is 0 Å². The van der Waals surface area contributed by atoms with Crippen molar-refractivity contribution in [3.63, 3.8) is 0 Å². The van der Waals surface area contributed by atoms with E-state index in [2.05, 4.69) is 17.4 Å². The number of nitrogens with one attached hydrogen (secondary N) is 1. The van der Waals surface area contributed by atoms with Gasteiger partial charge in [-0.15, -0.1) is 0 Å². The van der Waals surface area contributed by atoms with E-state index in [1.54, 1.807) is 0 Å². The van der Waals surface area contributed by atoms with Crippen LogP contribution in [0, 0.1) is 11.8 Å². The van der Waals surface area contributed by atoms with Gasteiger partial charge in [0, 0.05) is 31.7 Å². The highest BCUT2D eigenvalue weighted by Crippen LogP contribution is 2.29. The van der Waals surface area contributed by atoms with Crippen LogP contribution in [0.5, 0.6) is 0 Å². The molecule has 0 saturated carbocycles. The van der Waals surface area contributed by atoms with Crippen molar-refractivity contribution in [2.45, 2.75) is 38.1 Å². The molecule has 0 aliphatic carbocycles. The number of fused-ring (bicyclic) bond motifs is 4. The summed E-state index contributed by atoms with van der Waals surface area (Å²) in [7, 11) is 1.88. The molecule has 140 valence electrons. The Labute approximate surface area is 155 Å². The average Bonchev–Trinajstić information content (AvgIpc) is 2.95. The Bertz CT molecular complexity index is 684. The van der Waals surface area contributed by atoms with Gasteiger partial charge in [-0.25, -0.2) is 0 Å². The first-order chi connectivity index (χ1) is 12.6. The number of rotatable bonds is 3. The van der Waals surface area contributed by atoms with Crippen molar-refractivity contribution in [2.75, 3.05) is 33.2 Å². The van der Waals surface area contributed by atoms with Gasteiger partial charge in [-0.1, -0.05) is 12.1 Å². The molecule has 0 spiro atoms. The number of hydrogen-bond donors (Lipinski definition) is 1. The molecule has 0 unspecified atom stereocenters. The predicted octanol–water partition coefficient (Wildman–Crippen LogP) is 1.92. The van der Waals surface area contributed by atoms with Crippen LogP contribution < -0.4 is 5.32 Å². The number of carbonyl (C=O) groups excluding carboxylic acids is 2. The zero-order chi connectivity index (χ0) is 18.1. The summed E-state index contributed by atoms with van der Waals surface area (Å²) in [5.41, 5.74) is 2.03. The molecule has 5 heteroatoms. The van der Waals surface area contributed by atoms with Crippen LogP contribution in [0.2, 0.25) is 0 Å². The quantitative estimate of drug-likeness (QED) is 0.901. The molecule has 26 heavy (non-hydrogen) atoms. The number of nitrogens with zero attached hydrogens (tertiary/aromatic N) is 2. The fourth-order valence-electron chi connectivity index (χ4n) is 4.76. The van der Waals surface area contributed by atoms with Crippen molar-refractivity contribution in [1.82, 2.24) is 15.1 Å². The second-order valence-corrected chi connectivity index (χ2v) is 8.19. The molecular formula is C21H29N3O2. The Hall–Kier alpha value is -1.88. The highest BCUT2D eigenvalue weighted by atomic mass is 16.2. The Balaban J connectivity index is 1.48. The maximum absolute atomic E-state index is 13.1. The van der Waals surface area contributed by atoms with Crippen LogP contribution in [0.4, 0.5) is 0 Å². The lowest BCUT2D eigenvalue weighted by atomic mass is 9.90. The molecule has 0 aromatic heterocycles. The van der Waals surface area contributed by atoms with E-state index in [4.69, 9.17) is 0 Å². The summed E-state index contributed by atoms with van der Waals surface area (Å²) in [6.07, 6.45) is 5.39. The van der Waals surface area contributed by atoms with Crippen molar-refractivity contribution < 1.29 is 9.59 Å². The van der Waals surface area contributed by atoms with Gasteiger partial charge in [0.2, 0.25) is 5.91 Å². The summed E-state index contributed by atoms with van der Waals surface area (Å²) in [6.45, 7) is 3.43. The molecular weight excluding hydrogens is 326 g/mol. The lowest BCUT2D eigenvalue weighted by molar-refractivity contribution is -0.138. The third-order valence-corrected chi connectivity index (χ3v) is 6.41. The summed E-state index contributed by atoms with van der Waals surface area (Å²) in [4.78, 5) is 29.3. The van der Waals surface area contributed by atoms with E-state index in [9.17, 15) is 9.59 Å². The third-order valence-electron chi connectivity index (χ3n) is 6.41. The second kappa shape index (κ2) is 7.39. The van der Waals surface area contributed by atoms with E-state index in [0.717, 1.165) is 37.9 Å². The van der Waals surface area contributed by atoms with Gasteiger partial charge in [0.05, 0.1) is 5.92 Å². The summed E-state index contributed by atoms with van der Waals surface area (Å²) in [6, 6.07) is 8.31. The molecule has 2 amide bonds. The van der Waals surface area contributed by atoms with E-state index in [-0.39, 0.29) is 23.8 Å². The third kappa shape index (κ3) is 3.50. The fourth-order valence-corrected chi connectivity index (χ4v) is 4.76. The topological polar surface area (TPSA) is 52.7 Å². The van der Waals surface area contributed by atoms with Crippen LogP contribution in [0.3, 0.4) is 0 Å². The number of amides is 2. The van der Waals surface area contributed by atoms with E-state index in [0.29, 0.717) is 19.0 Å². The van der Waals surface area contributed by atoms with Crippen LogP contribution >= 0.6 is 0 Å². The lowest BCUT2D eigenvalue weighted by Gasteiger charge is -2.32. The molecule has 5 nitrogen and oxygen atoms in total. The van der Waals surface area contributed by atoms with Gasteiger partial charge in [-0.05, 0) is 68.8 Å². The minimum atomic E-state index is -0.0272. The highest BCUT2D eigenvalue weighted by molar-refractivity contribution is 5.95. The molecule has 4 saturated heterocycles. The normalized spacial score (nSPS) is 26.9. The number of hydrogen-bond acceptors (Lipinski definition) is 3. The molecule has 2 atom stereocenters. The number of likely N-dealkylation sites (N-methyl/N-ethyl adjacent to an activating group) is 1. The SMILES string of the molecule is CN1C(=O)[C@H]2CC[C@@H]1CN(C(=O)c1cccc(CC3CCNCC3)c1)C2. The van der Waals surface area contributed by atoms with Crippen molar-refractivity contribution in [3.05, 3.63) is 35.4 Å². The van der Waals surface area contributed by atoms with Crippen molar-refractivity contribution >= 4 is 11.8 Å². The van der Waals surface area contributed by atoms with E-state index in [1.807, 2.05) is 29.0 Å².